The average Bonchev–Trinajstić information content (AvgIpc) is 3.61. The third kappa shape index (κ3) is 14.6. The second-order valence-corrected chi connectivity index (χ2v) is 18.5. The molecule has 0 saturated carbocycles. The van der Waals surface area contributed by atoms with Gasteiger partial charge in [-0.2, -0.15) is 0 Å². The van der Waals surface area contributed by atoms with Gasteiger partial charge in [0, 0.05) is 44.4 Å². The van der Waals surface area contributed by atoms with Crippen molar-refractivity contribution >= 4 is 11.8 Å². The predicted molar refractivity (Wildman–Crippen MR) is 258 cm³/mol. The number of hydrogen-bond donors (Lipinski definition) is 0. The maximum atomic E-state index is 16.2. The van der Waals surface area contributed by atoms with Crippen LogP contribution in [0.5, 0.6) is 23.0 Å². The maximum Gasteiger partial charge on any atom is 0.227 e. The van der Waals surface area contributed by atoms with Gasteiger partial charge in [0.2, 0.25) is 11.8 Å². The van der Waals surface area contributed by atoms with Gasteiger partial charge in [-0.1, -0.05) is 139 Å². The largest absolute Gasteiger partial charge is 0.493 e. The average molecular weight is 863 g/mol. The van der Waals surface area contributed by atoms with E-state index in [-0.39, 0.29) is 30.1 Å². The third-order valence-corrected chi connectivity index (χ3v) is 14.3. The van der Waals surface area contributed by atoms with Crippen molar-refractivity contribution < 1.29 is 28.5 Å². The number of rotatable bonds is 32. The summed E-state index contributed by atoms with van der Waals surface area (Å²) in [5, 5.41) is 0. The van der Waals surface area contributed by atoms with Crippen LogP contribution in [-0.4, -0.2) is 76.2 Å². The van der Waals surface area contributed by atoms with E-state index in [1.807, 2.05) is 12.1 Å². The molecule has 2 amide bonds. The van der Waals surface area contributed by atoms with Gasteiger partial charge >= 0.3 is 0 Å². The topological polar surface area (TPSA) is 77.5 Å². The molecule has 0 bridgehead atoms. The molecule has 2 aromatic rings. The lowest BCUT2D eigenvalue weighted by molar-refractivity contribution is -0.139. The fraction of sp³-hybridized carbons (Fsp3) is 0.741. The normalized spacial score (nSPS) is 17.8. The number of ether oxygens (including phenoxy) is 4. The van der Waals surface area contributed by atoms with Gasteiger partial charge in [-0.15, -0.1) is 0 Å². The fourth-order valence-corrected chi connectivity index (χ4v) is 10.1. The minimum Gasteiger partial charge on any atom is -0.493 e. The summed E-state index contributed by atoms with van der Waals surface area (Å²) >= 11 is 0. The highest BCUT2D eigenvalue weighted by Crippen LogP contribution is 2.55. The Labute approximate surface area is 379 Å². The van der Waals surface area contributed by atoms with E-state index in [1.54, 1.807) is 28.4 Å². The molecule has 0 aromatic heterocycles. The number of unbranched alkanes of at least 4 members (excludes halogenated alkanes) is 4. The van der Waals surface area contributed by atoms with Crippen LogP contribution >= 0.6 is 0 Å². The Morgan fingerprint density at radius 3 is 1.29 bits per heavy atom. The molecule has 8 nitrogen and oxygen atoms in total. The number of carbonyl (C=O) groups excluding carboxylic acids is 2. The zero-order valence-corrected chi connectivity index (χ0v) is 41.6. The first kappa shape index (κ1) is 52.9. The molecule has 0 radical (unpaired) electrons. The van der Waals surface area contributed by atoms with Crippen LogP contribution in [0.1, 0.15) is 193 Å². The summed E-state index contributed by atoms with van der Waals surface area (Å²) in [6, 6.07) is 10.2. The molecule has 352 valence electrons. The Bertz CT molecular complexity index is 1560. The second kappa shape index (κ2) is 28.4. The fourth-order valence-electron chi connectivity index (χ4n) is 10.1. The van der Waals surface area contributed by atoms with E-state index in [2.05, 4.69) is 83.4 Å². The van der Waals surface area contributed by atoms with E-state index in [1.165, 1.54) is 12.8 Å². The Morgan fingerprint density at radius 1 is 0.516 bits per heavy atom. The van der Waals surface area contributed by atoms with Crippen molar-refractivity contribution in [2.45, 2.75) is 176 Å². The van der Waals surface area contributed by atoms with Crippen LogP contribution in [0.15, 0.2) is 30.3 Å². The first-order valence-electron chi connectivity index (χ1n) is 25.1. The van der Waals surface area contributed by atoms with Gasteiger partial charge in [0.15, 0.2) is 23.0 Å². The van der Waals surface area contributed by atoms with Gasteiger partial charge in [-0.25, -0.2) is 0 Å². The van der Waals surface area contributed by atoms with Crippen molar-refractivity contribution in [1.29, 1.82) is 0 Å². The van der Waals surface area contributed by atoms with Crippen molar-refractivity contribution in [3.05, 3.63) is 47.0 Å². The second-order valence-electron chi connectivity index (χ2n) is 18.5. The van der Waals surface area contributed by atoms with Gasteiger partial charge in [-0.3, -0.25) is 9.59 Å². The molecule has 0 spiro atoms. The van der Waals surface area contributed by atoms with Gasteiger partial charge in [0.25, 0.3) is 0 Å². The smallest absolute Gasteiger partial charge is 0.227 e. The van der Waals surface area contributed by atoms with E-state index in [0.717, 1.165) is 133 Å². The first-order chi connectivity index (χ1) is 30.1. The van der Waals surface area contributed by atoms with E-state index in [9.17, 15) is 0 Å². The Kier molecular flexibility index (Phi) is 24.2. The lowest BCUT2D eigenvalue weighted by Gasteiger charge is -2.37. The zero-order chi connectivity index (χ0) is 45.6. The maximum absolute atomic E-state index is 16.2. The van der Waals surface area contributed by atoms with Gasteiger partial charge in [-0.05, 0) is 90.3 Å². The number of carbonyl (C=O) groups is 2. The van der Waals surface area contributed by atoms with Crippen LogP contribution in [0, 0.1) is 29.6 Å². The molecule has 0 fully saturated rings. The predicted octanol–water partition coefficient (Wildman–Crippen LogP) is 13.5. The summed E-state index contributed by atoms with van der Waals surface area (Å²) in [6.45, 7) is 21.1. The molecule has 0 heterocycles. The monoisotopic (exact) mass is 863 g/mol. The van der Waals surface area contributed by atoms with Crippen LogP contribution in [0.25, 0.3) is 0 Å². The van der Waals surface area contributed by atoms with Crippen molar-refractivity contribution in [2.24, 2.45) is 29.6 Å². The van der Waals surface area contributed by atoms with Crippen molar-refractivity contribution in [3.8, 4) is 23.0 Å². The lowest BCUT2D eigenvalue weighted by atomic mass is 9.79. The third-order valence-electron chi connectivity index (χ3n) is 14.3. The van der Waals surface area contributed by atoms with Crippen LogP contribution < -0.4 is 18.9 Å². The molecule has 1 aliphatic rings. The molecular formula is C54H90N2O6. The molecule has 0 aliphatic heterocycles. The molecule has 62 heavy (non-hydrogen) atoms. The van der Waals surface area contributed by atoms with Gasteiger partial charge in [0.05, 0.1) is 34.4 Å². The Balaban J connectivity index is 2.36. The SMILES string of the molecule is CCCCC(CC)CN(CC(CC)CCCC)C(=O)CC1c2cc(OC)c(OC)cc2C(c2ccc(OC)c(OC)c2)C1C(=O)N(CC(CC)CCCC)CC(CC)CCCC. The minimum atomic E-state index is -0.526. The zero-order valence-electron chi connectivity index (χ0n) is 41.6. The Hall–Kier alpha value is -3.42. The first-order valence-corrected chi connectivity index (χ1v) is 25.1. The summed E-state index contributed by atoms with van der Waals surface area (Å²) in [6.07, 6.45) is 18.0. The lowest BCUT2D eigenvalue weighted by Crippen LogP contribution is -2.45. The summed E-state index contributed by atoms with van der Waals surface area (Å²) in [4.78, 5) is 36.0. The highest BCUT2D eigenvalue weighted by molar-refractivity contribution is 5.86. The number of methoxy groups -OCH3 is 4. The van der Waals surface area contributed by atoms with E-state index in [4.69, 9.17) is 18.9 Å². The summed E-state index contributed by atoms with van der Waals surface area (Å²) in [5.41, 5.74) is 2.98. The number of hydrogen-bond acceptors (Lipinski definition) is 6. The van der Waals surface area contributed by atoms with Crippen molar-refractivity contribution in [2.75, 3.05) is 54.6 Å². The molecule has 3 rings (SSSR count). The van der Waals surface area contributed by atoms with E-state index in [0.29, 0.717) is 46.7 Å². The highest BCUT2D eigenvalue weighted by atomic mass is 16.5. The molecule has 8 heteroatoms. The molecular weight excluding hydrogens is 773 g/mol. The quantitative estimate of drug-likeness (QED) is 0.0729. The van der Waals surface area contributed by atoms with Gasteiger partial charge < -0.3 is 28.7 Å². The molecule has 7 unspecified atom stereocenters. The van der Waals surface area contributed by atoms with Crippen LogP contribution in [-0.2, 0) is 9.59 Å². The Morgan fingerprint density at radius 2 is 0.903 bits per heavy atom. The molecule has 2 aromatic carbocycles. The van der Waals surface area contributed by atoms with Crippen LogP contribution in [0.3, 0.4) is 0 Å². The highest BCUT2D eigenvalue weighted by Gasteiger charge is 2.49. The number of nitrogens with zero attached hydrogens (tertiary/aromatic N) is 2. The minimum absolute atomic E-state index is 0.150. The number of benzene rings is 2. The van der Waals surface area contributed by atoms with Gasteiger partial charge in [0.1, 0.15) is 0 Å². The van der Waals surface area contributed by atoms with Crippen LogP contribution in [0.2, 0.25) is 0 Å². The summed E-state index contributed by atoms with van der Waals surface area (Å²) < 4.78 is 23.6. The van der Waals surface area contributed by atoms with E-state index < -0.39 is 5.92 Å². The molecule has 0 N–H and O–H groups in total. The molecule has 7 atom stereocenters. The number of amides is 2. The summed E-state index contributed by atoms with van der Waals surface area (Å²) in [7, 11) is 6.65. The standard InChI is InChI=1S/C54H90N2O6/c1-13-21-25-39(17-5)35-55(36-40(18-6)26-22-14-2)51(57)34-46-44-32-49(61-11)50(62-12)33-45(44)52(43-29-30-47(59-9)48(31-43)60-10)53(46)54(58)56(37-41(19-7)27-23-15-3)38-42(20-8)28-24-16-4/h29-33,39-42,46,52-53H,13-28,34-38H2,1-12H3. The number of fused-ring (bicyclic) bond motifs is 1. The summed E-state index contributed by atoms with van der Waals surface area (Å²) in [5.74, 6) is 3.25. The molecule has 0 saturated heterocycles. The van der Waals surface area contributed by atoms with Crippen LogP contribution in [0.4, 0.5) is 0 Å². The van der Waals surface area contributed by atoms with E-state index >= 15 is 9.59 Å². The molecule has 1 aliphatic carbocycles. The van der Waals surface area contributed by atoms with Crippen molar-refractivity contribution in [1.82, 2.24) is 9.80 Å². The van der Waals surface area contributed by atoms with Crippen molar-refractivity contribution in [3.63, 3.8) is 0 Å².